The maximum absolute atomic E-state index is 9.14. The molecule has 3 aromatic carbocycles. The van der Waals surface area contributed by atoms with Gasteiger partial charge in [-0.25, -0.2) is 0 Å². The summed E-state index contributed by atoms with van der Waals surface area (Å²) in [6.45, 7) is 1.70. The summed E-state index contributed by atoms with van der Waals surface area (Å²) in [6.07, 6.45) is 4.90. The second-order valence-corrected chi connectivity index (χ2v) is 10.7. The first-order chi connectivity index (χ1) is 19.6. The molecule has 0 bridgehead atoms. The van der Waals surface area contributed by atoms with Crippen molar-refractivity contribution in [2.75, 3.05) is 23.3 Å². The van der Waals surface area contributed by atoms with Gasteiger partial charge in [0.15, 0.2) is 0 Å². The van der Waals surface area contributed by atoms with Crippen molar-refractivity contribution in [2.24, 2.45) is 5.92 Å². The van der Waals surface area contributed by atoms with Gasteiger partial charge in [-0.2, -0.15) is 20.2 Å². The highest BCUT2D eigenvalue weighted by Gasteiger charge is 2.23. The monoisotopic (exact) mass is 591 g/mol. The van der Waals surface area contributed by atoms with Crippen molar-refractivity contribution in [3.05, 3.63) is 101 Å². The predicted octanol–water partition coefficient (Wildman–Crippen LogP) is 7.05. The van der Waals surface area contributed by atoms with E-state index in [1.54, 1.807) is 24.4 Å². The number of nitrogens with zero attached hydrogens (tertiary/aromatic N) is 6. The lowest BCUT2D eigenvalue weighted by Gasteiger charge is -2.32. The number of aromatic nitrogens is 4. The van der Waals surface area contributed by atoms with Gasteiger partial charge >= 0.3 is 6.01 Å². The van der Waals surface area contributed by atoms with E-state index in [0.717, 1.165) is 53.4 Å². The molecule has 9 heteroatoms. The molecule has 198 valence electrons. The smallest absolute Gasteiger partial charge is 0.328 e. The molecule has 2 aromatic heterocycles. The molecule has 0 atom stereocenters. The van der Waals surface area contributed by atoms with Crippen molar-refractivity contribution in [3.8, 4) is 17.8 Å². The molecular weight excluding hydrogens is 566 g/mol. The fourth-order valence-corrected chi connectivity index (χ4v) is 5.27. The molecule has 1 saturated heterocycles. The van der Waals surface area contributed by atoms with E-state index in [4.69, 9.17) is 20.0 Å². The maximum Gasteiger partial charge on any atom is 0.328 e. The van der Waals surface area contributed by atoms with Crippen LogP contribution in [0, 0.1) is 17.2 Å². The first kappa shape index (κ1) is 25.7. The molecule has 0 unspecified atom stereocenters. The summed E-state index contributed by atoms with van der Waals surface area (Å²) in [5.74, 6) is 2.16. The SMILES string of the molecule is N#Cc1ccc(Nc2nc(Oc3ccnc4ccc(Br)cc34)nc(N3CCC(Cc4ccccc4)CC3)n2)cc1. The molecule has 6 rings (SSSR count). The molecule has 0 radical (unpaired) electrons. The van der Waals surface area contributed by atoms with Crippen LogP contribution in [0.3, 0.4) is 0 Å². The molecule has 1 aliphatic rings. The van der Waals surface area contributed by atoms with E-state index < -0.39 is 0 Å². The fourth-order valence-electron chi connectivity index (χ4n) is 4.91. The van der Waals surface area contributed by atoms with Crippen LogP contribution >= 0.6 is 15.9 Å². The summed E-state index contributed by atoms with van der Waals surface area (Å²) in [7, 11) is 0. The van der Waals surface area contributed by atoms with Gasteiger partial charge in [0, 0.05) is 34.8 Å². The zero-order valence-electron chi connectivity index (χ0n) is 21.7. The maximum atomic E-state index is 9.14. The van der Waals surface area contributed by atoms with E-state index in [9.17, 15) is 0 Å². The summed E-state index contributed by atoms with van der Waals surface area (Å²) < 4.78 is 7.19. The van der Waals surface area contributed by atoms with Crippen molar-refractivity contribution in [2.45, 2.75) is 19.3 Å². The van der Waals surface area contributed by atoms with Gasteiger partial charge in [0.05, 0.1) is 17.1 Å². The Balaban J connectivity index is 1.27. The van der Waals surface area contributed by atoms with Gasteiger partial charge in [-0.1, -0.05) is 46.3 Å². The van der Waals surface area contributed by atoms with Gasteiger partial charge in [-0.15, -0.1) is 0 Å². The minimum absolute atomic E-state index is 0.194. The summed E-state index contributed by atoms with van der Waals surface area (Å²) in [5, 5.41) is 13.2. The number of fused-ring (bicyclic) bond motifs is 1. The lowest BCUT2D eigenvalue weighted by atomic mass is 9.90. The zero-order chi connectivity index (χ0) is 27.3. The van der Waals surface area contributed by atoms with Crippen LogP contribution in [-0.2, 0) is 6.42 Å². The first-order valence-electron chi connectivity index (χ1n) is 13.2. The number of halogens is 1. The van der Waals surface area contributed by atoms with E-state index in [1.807, 2.05) is 30.3 Å². The van der Waals surface area contributed by atoms with Crippen LogP contribution in [0.1, 0.15) is 24.0 Å². The number of benzene rings is 3. The molecule has 0 aliphatic carbocycles. The standard InChI is InChI=1S/C31H26BrN7O/c32-24-8-11-27-26(19-24)28(12-15-34-27)40-31-37-29(35-25-9-6-23(20-33)7-10-25)36-30(38-31)39-16-13-22(14-17-39)18-21-4-2-1-3-5-21/h1-12,15,19,22H,13-14,16-18H2,(H,35,36,37,38). The van der Waals surface area contributed by atoms with Crippen LogP contribution in [0.2, 0.25) is 0 Å². The second-order valence-electron chi connectivity index (χ2n) is 9.75. The normalized spacial score (nSPS) is 13.7. The quantitative estimate of drug-likeness (QED) is 0.215. The Morgan fingerprint density at radius 2 is 1.75 bits per heavy atom. The molecule has 1 fully saturated rings. The van der Waals surface area contributed by atoms with Crippen LogP contribution in [0.25, 0.3) is 10.9 Å². The average molecular weight is 593 g/mol. The summed E-state index contributed by atoms with van der Waals surface area (Å²) in [5.41, 5.74) is 3.54. The van der Waals surface area contributed by atoms with Gasteiger partial charge < -0.3 is 15.0 Å². The van der Waals surface area contributed by atoms with Crippen LogP contribution < -0.4 is 15.0 Å². The Morgan fingerprint density at radius 1 is 0.950 bits per heavy atom. The Bertz CT molecular complexity index is 1660. The first-order valence-corrected chi connectivity index (χ1v) is 14.0. The van der Waals surface area contributed by atoms with Crippen LogP contribution in [0.5, 0.6) is 11.8 Å². The Kier molecular flexibility index (Phi) is 7.51. The number of rotatable bonds is 7. The lowest BCUT2D eigenvalue weighted by molar-refractivity contribution is 0.397. The number of hydrogen-bond donors (Lipinski definition) is 1. The molecule has 1 N–H and O–H groups in total. The van der Waals surface area contributed by atoms with Crippen molar-refractivity contribution in [1.29, 1.82) is 5.26 Å². The van der Waals surface area contributed by atoms with E-state index >= 15 is 0 Å². The van der Waals surface area contributed by atoms with Gasteiger partial charge in [-0.05, 0) is 79.3 Å². The molecule has 40 heavy (non-hydrogen) atoms. The highest BCUT2D eigenvalue weighted by Crippen LogP contribution is 2.31. The third kappa shape index (κ3) is 6.03. The summed E-state index contributed by atoms with van der Waals surface area (Å²) in [4.78, 5) is 20.7. The highest BCUT2D eigenvalue weighted by molar-refractivity contribution is 9.10. The van der Waals surface area contributed by atoms with E-state index in [0.29, 0.717) is 29.1 Å². The van der Waals surface area contributed by atoms with Crippen LogP contribution in [-0.4, -0.2) is 33.0 Å². The molecule has 0 spiro atoms. The molecule has 0 saturated carbocycles. The molecule has 8 nitrogen and oxygen atoms in total. The predicted molar refractivity (Wildman–Crippen MR) is 159 cm³/mol. The second kappa shape index (κ2) is 11.7. The fraction of sp³-hybridized carbons (Fsp3) is 0.194. The van der Waals surface area contributed by atoms with E-state index in [2.05, 4.69) is 72.5 Å². The van der Waals surface area contributed by atoms with Crippen molar-refractivity contribution < 1.29 is 4.74 Å². The summed E-state index contributed by atoms with van der Waals surface area (Å²) >= 11 is 3.54. The average Bonchev–Trinajstić information content (AvgIpc) is 2.99. The largest absolute Gasteiger partial charge is 0.423 e. The molecule has 1 aliphatic heterocycles. The van der Waals surface area contributed by atoms with E-state index in [1.165, 1.54) is 5.56 Å². The van der Waals surface area contributed by atoms with Gasteiger partial charge in [0.25, 0.3) is 0 Å². The van der Waals surface area contributed by atoms with E-state index in [-0.39, 0.29) is 6.01 Å². The minimum Gasteiger partial charge on any atom is -0.423 e. The topological polar surface area (TPSA) is 99.8 Å². The van der Waals surface area contributed by atoms with Crippen molar-refractivity contribution in [1.82, 2.24) is 19.9 Å². The lowest BCUT2D eigenvalue weighted by Crippen LogP contribution is -2.35. The molecule has 0 amide bonds. The van der Waals surface area contributed by atoms with Crippen LogP contribution in [0.15, 0.2) is 89.5 Å². The Morgan fingerprint density at radius 3 is 2.52 bits per heavy atom. The zero-order valence-corrected chi connectivity index (χ0v) is 23.3. The highest BCUT2D eigenvalue weighted by atomic mass is 79.9. The number of hydrogen-bond acceptors (Lipinski definition) is 8. The van der Waals surface area contributed by atoms with Gasteiger partial charge in [-0.3, -0.25) is 4.98 Å². The number of anilines is 3. The number of piperidine rings is 1. The minimum atomic E-state index is 0.194. The summed E-state index contributed by atoms with van der Waals surface area (Å²) in [6, 6.07) is 27.8. The number of nitrogens with one attached hydrogen (secondary N) is 1. The van der Waals surface area contributed by atoms with Gasteiger partial charge in [0.1, 0.15) is 5.75 Å². The third-order valence-electron chi connectivity index (χ3n) is 7.00. The number of ether oxygens (including phenoxy) is 1. The van der Waals surface area contributed by atoms with Crippen LogP contribution in [0.4, 0.5) is 17.6 Å². The number of nitriles is 1. The Labute approximate surface area is 240 Å². The van der Waals surface area contributed by atoms with Gasteiger partial charge in [0.2, 0.25) is 11.9 Å². The number of pyridine rings is 1. The molecule has 5 aromatic rings. The molecular formula is C31H26BrN7O. The Hall–Kier alpha value is -4.55. The third-order valence-corrected chi connectivity index (χ3v) is 7.50. The molecule has 3 heterocycles. The van der Waals surface area contributed by atoms with Crippen molar-refractivity contribution >= 4 is 44.4 Å². The van der Waals surface area contributed by atoms with Crippen molar-refractivity contribution in [3.63, 3.8) is 0 Å².